The molecule has 2 aromatic carbocycles. The lowest BCUT2D eigenvalue weighted by Gasteiger charge is -2.06. The van der Waals surface area contributed by atoms with Gasteiger partial charge in [0.05, 0.1) is 5.56 Å². The number of nitrogens with one attached hydrogen (secondary N) is 2. The molecule has 0 aliphatic heterocycles. The number of amides is 1. The molecule has 0 radical (unpaired) electrons. The Hall–Kier alpha value is -2.21. The SMILES string of the molecule is CNc1ccc(Cl)cc1.O=CNc1ccc(C(F)(F)F)cc1. The van der Waals surface area contributed by atoms with Crippen molar-refractivity contribution in [2.75, 3.05) is 17.7 Å². The Morgan fingerprint density at radius 2 is 1.45 bits per heavy atom. The first kappa shape index (κ1) is 17.8. The first-order chi connectivity index (χ1) is 10.4. The molecule has 3 nitrogen and oxygen atoms in total. The lowest BCUT2D eigenvalue weighted by atomic mass is 10.2. The van der Waals surface area contributed by atoms with Crippen LogP contribution in [0.25, 0.3) is 0 Å². The van der Waals surface area contributed by atoms with Crippen molar-refractivity contribution in [3.05, 3.63) is 59.1 Å². The Labute approximate surface area is 131 Å². The van der Waals surface area contributed by atoms with E-state index in [4.69, 9.17) is 11.6 Å². The van der Waals surface area contributed by atoms with Crippen molar-refractivity contribution in [1.82, 2.24) is 0 Å². The van der Waals surface area contributed by atoms with Crippen molar-refractivity contribution >= 4 is 29.4 Å². The van der Waals surface area contributed by atoms with Gasteiger partial charge >= 0.3 is 6.18 Å². The molecule has 2 rings (SSSR count). The van der Waals surface area contributed by atoms with E-state index in [1.165, 1.54) is 12.1 Å². The molecule has 0 atom stereocenters. The van der Waals surface area contributed by atoms with E-state index in [9.17, 15) is 18.0 Å². The average Bonchev–Trinajstić information content (AvgIpc) is 2.49. The smallest absolute Gasteiger partial charge is 0.388 e. The molecular formula is C15H14ClF3N2O. The summed E-state index contributed by atoms with van der Waals surface area (Å²) >= 11 is 5.64. The summed E-state index contributed by atoms with van der Waals surface area (Å²) in [7, 11) is 1.88. The summed E-state index contributed by atoms with van der Waals surface area (Å²) in [4.78, 5) is 9.92. The van der Waals surface area contributed by atoms with Crippen molar-refractivity contribution < 1.29 is 18.0 Å². The summed E-state index contributed by atoms with van der Waals surface area (Å²) in [5, 5.41) is 6.01. The number of hydrogen-bond donors (Lipinski definition) is 2. The maximum atomic E-state index is 12.0. The van der Waals surface area contributed by atoms with Gasteiger partial charge in [0.2, 0.25) is 6.41 Å². The first-order valence-corrected chi connectivity index (χ1v) is 6.55. The summed E-state index contributed by atoms with van der Waals surface area (Å²) < 4.78 is 36.0. The Bertz CT molecular complexity index is 583. The first-order valence-electron chi connectivity index (χ1n) is 6.17. The summed E-state index contributed by atoms with van der Waals surface area (Å²) in [6, 6.07) is 11.8. The molecule has 0 aromatic heterocycles. The Balaban J connectivity index is 0.000000235. The number of anilines is 2. The molecule has 0 fully saturated rings. The second kappa shape index (κ2) is 8.29. The van der Waals surface area contributed by atoms with Gasteiger partial charge in [0.15, 0.2) is 0 Å². The van der Waals surface area contributed by atoms with E-state index >= 15 is 0 Å². The maximum Gasteiger partial charge on any atom is 0.416 e. The zero-order chi connectivity index (χ0) is 16.6. The molecule has 1 amide bonds. The third-order valence-electron chi connectivity index (χ3n) is 2.57. The molecule has 0 unspecified atom stereocenters. The number of benzene rings is 2. The largest absolute Gasteiger partial charge is 0.416 e. The highest BCUT2D eigenvalue weighted by molar-refractivity contribution is 6.30. The number of alkyl halides is 3. The second-order valence-corrected chi connectivity index (χ2v) is 4.53. The Morgan fingerprint density at radius 3 is 1.86 bits per heavy atom. The average molecular weight is 331 g/mol. The zero-order valence-corrected chi connectivity index (χ0v) is 12.4. The minimum atomic E-state index is -4.33. The quantitative estimate of drug-likeness (QED) is 0.804. The number of halogens is 4. The molecule has 22 heavy (non-hydrogen) atoms. The van der Waals surface area contributed by atoms with Crippen LogP contribution in [0.15, 0.2) is 48.5 Å². The Kier molecular flexibility index (Phi) is 6.72. The molecule has 0 heterocycles. The van der Waals surface area contributed by atoms with E-state index in [1.54, 1.807) is 0 Å². The van der Waals surface area contributed by atoms with Crippen molar-refractivity contribution in [3.63, 3.8) is 0 Å². The van der Waals surface area contributed by atoms with E-state index in [-0.39, 0.29) is 0 Å². The standard InChI is InChI=1S/C8H6F3NO.C7H8ClN/c9-8(10,11)6-1-3-7(4-2-6)12-5-13;1-9-7-4-2-6(8)3-5-7/h1-5H,(H,12,13);2-5,9H,1H3. The third kappa shape index (κ3) is 6.05. The highest BCUT2D eigenvalue weighted by atomic mass is 35.5. The summed E-state index contributed by atoms with van der Waals surface area (Å²) in [5.41, 5.74) is 0.686. The van der Waals surface area contributed by atoms with Crippen LogP contribution in [0.5, 0.6) is 0 Å². The summed E-state index contributed by atoms with van der Waals surface area (Å²) in [6.07, 6.45) is -3.93. The van der Waals surface area contributed by atoms with Crippen molar-refractivity contribution in [1.29, 1.82) is 0 Å². The van der Waals surface area contributed by atoms with Gasteiger partial charge in [-0.1, -0.05) is 11.6 Å². The molecule has 0 spiro atoms. The minimum absolute atomic E-state index is 0.336. The van der Waals surface area contributed by atoms with E-state index in [0.29, 0.717) is 12.1 Å². The van der Waals surface area contributed by atoms with Gasteiger partial charge in [0, 0.05) is 23.4 Å². The van der Waals surface area contributed by atoms with Gasteiger partial charge in [-0.2, -0.15) is 13.2 Å². The van der Waals surface area contributed by atoms with Gasteiger partial charge in [0.1, 0.15) is 0 Å². The van der Waals surface area contributed by atoms with Crippen LogP contribution in [0.3, 0.4) is 0 Å². The minimum Gasteiger partial charge on any atom is -0.388 e. The molecule has 118 valence electrons. The second-order valence-electron chi connectivity index (χ2n) is 4.09. The zero-order valence-electron chi connectivity index (χ0n) is 11.6. The van der Waals surface area contributed by atoms with Crippen LogP contribution in [-0.4, -0.2) is 13.5 Å². The number of carbonyl (C=O) groups is 1. The maximum absolute atomic E-state index is 12.0. The van der Waals surface area contributed by atoms with E-state index < -0.39 is 11.7 Å². The molecule has 0 aliphatic carbocycles. The number of hydrogen-bond acceptors (Lipinski definition) is 2. The molecule has 0 bridgehead atoms. The van der Waals surface area contributed by atoms with Crippen LogP contribution >= 0.6 is 11.6 Å². The van der Waals surface area contributed by atoms with Crippen LogP contribution in [0.4, 0.5) is 24.5 Å². The summed E-state index contributed by atoms with van der Waals surface area (Å²) in [6.45, 7) is 0. The monoisotopic (exact) mass is 330 g/mol. The van der Waals surface area contributed by atoms with Crippen LogP contribution in [-0.2, 0) is 11.0 Å². The van der Waals surface area contributed by atoms with Crippen molar-refractivity contribution in [2.24, 2.45) is 0 Å². The van der Waals surface area contributed by atoms with Gasteiger partial charge in [0.25, 0.3) is 0 Å². The highest BCUT2D eigenvalue weighted by Gasteiger charge is 2.29. The van der Waals surface area contributed by atoms with Crippen LogP contribution in [0, 0.1) is 0 Å². The highest BCUT2D eigenvalue weighted by Crippen LogP contribution is 2.29. The molecule has 7 heteroatoms. The van der Waals surface area contributed by atoms with Gasteiger partial charge in [-0.3, -0.25) is 4.79 Å². The van der Waals surface area contributed by atoms with Crippen LogP contribution in [0.1, 0.15) is 5.56 Å². The number of rotatable bonds is 3. The number of carbonyl (C=O) groups excluding carboxylic acids is 1. The van der Waals surface area contributed by atoms with Crippen molar-refractivity contribution in [2.45, 2.75) is 6.18 Å². The van der Waals surface area contributed by atoms with Crippen LogP contribution < -0.4 is 10.6 Å². The predicted molar refractivity (Wildman–Crippen MR) is 82.1 cm³/mol. The normalized spacial score (nSPS) is 10.2. The lowest BCUT2D eigenvalue weighted by molar-refractivity contribution is -0.137. The molecule has 0 saturated heterocycles. The molecule has 0 saturated carbocycles. The van der Waals surface area contributed by atoms with Crippen LogP contribution in [0.2, 0.25) is 5.02 Å². The summed E-state index contributed by atoms with van der Waals surface area (Å²) in [5.74, 6) is 0. The van der Waals surface area contributed by atoms with E-state index in [0.717, 1.165) is 22.8 Å². The lowest BCUT2D eigenvalue weighted by Crippen LogP contribution is -2.04. The van der Waals surface area contributed by atoms with E-state index in [2.05, 4.69) is 10.6 Å². The third-order valence-corrected chi connectivity index (χ3v) is 2.82. The molecule has 2 aromatic rings. The van der Waals surface area contributed by atoms with Gasteiger partial charge < -0.3 is 10.6 Å². The topological polar surface area (TPSA) is 41.1 Å². The Morgan fingerprint density at radius 1 is 0.955 bits per heavy atom. The van der Waals surface area contributed by atoms with Gasteiger partial charge in [-0.25, -0.2) is 0 Å². The predicted octanol–water partition coefficient (Wildman–Crippen LogP) is 4.66. The fourth-order valence-corrected chi connectivity index (χ4v) is 1.57. The molecule has 0 aliphatic rings. The van der Waals surface area contributed by atoms with E-state index in [1.807, 2.05) is 31.3 Å². The molecular weight excluding hydrogens is 317 g/mol. The fraction of sp³-hybridized carbons (Fsp3) is 0.133. The van der Waals surface area contributed by atoms with Gasteiger partial charge in [-0.15, -0.1) is 0 Å². The fourth-order valence-electron chi connectivity index (χ4n) is 1.44. The molecule has 2 N–H and O–H groups in total. The van der Waals surface area contributed by atoms with Crippen molar-refractivity contribution in [3.8, 4) is 0 Å². The van der Waals surface area contributed by atoms with Gasteiger partial charge in [-0.05, 0) is 48.5 Å².